The molecule has 212 valence electrons. The first kappa shape index (κ1) is 27.8. The molecule has 4 aromatic heterocycles. The second kappa shape index (κ2) is 11.0. The van der Waals surface area contributed by atoms with Gasteiger partial charge in [0.05, 0.1) is 69.0 Å². The Balaban J connectivity index is 1.57. The molecule has 0 aromatic carbocycles. The molecule has 13 nitrogen and oxygen atoms in total. The van der Waals surface area contributed by atoms with Gasteiger partial charge >= 0.3 is 0 Å². The molecule has 40 heavy (non-hydrogen) atoms. The molecule has 5 heterocycles. The topological polar surface area (TPSA) is 159 Å². The number of fused-ring (bicyclic) bond motifs is 1. The van der Waals surface area contributed by atoms with Gasteiger partial charge in [-0.15, -0.1) is 0 Å². The monoisotopic (exact) mass is 568 g/mol. The number of H-pyrrole nitrogens is 1. The molecule has 5 rings (SSSR count). The summed E-state index contributed by atoms with van der Waals surface area (Å²) in [5, 5.41) is 17.1. The summed E-state index contributed by atoms with van der Waals surface area (Å²) < 4.78 is 35.3. The first-order chi connectivity index (χ1) is 19.2. The molecule has 0 saturated carbocycles. The zero-order chi connectivity index (χ0) is 28.5. The van der Waals surface area contributed by atoms with Crippen molar-refractivity contribution < 1.29 is 17.8 Å². The van der Waals surface area contributed by atoms with E-state index in [4.69, 9.17) is 9.72 Å². The quantitative estimate of drug-likeness (QED) is 0.235. The Morgan fingerprint density at radius 2 is 1.90 bits per heavy atom. The van der Waals surface area contributed by atoms with Gasteiger partial charge in [0.1, 0.15) is 16.2 Å². The van der Waals surface area contributed by atoms with Gasteiger partial charge in [-0.05, 0) is 38.5 Å². The Morgan fingerprint density at radius 3 is 2.55 bits per heavy atom. The predicted octanol–water partition coefficient (Wildman–Crippen LogP) is 1.92. The summed E-state index contributed by atoms with van der Waals surface area (Å²) >= 11 is 0. The molecule has 4 aromatic rings. The summed E-state index contributed by atoms with van der Waals surface area (Å²) in [6.07, 6.45) is 3.48. The van der Waals surface area contributed by atoms with Crippen molar-refractivity contribution in [3.05, 3.63) is 63.6 Å². The average Bonchev–Trinajstić information content (AvgIpc) is 3.31. The molecule has 1 N–H and O–H groups in total. The molecule has 0 amide bonds. The fourth-order valence-corrected chi connectivity index (χ4v) is 6.22. The fourth-order valence-electron chi connectivity index (χ4n) is 4.83. The van der Waals surface area contributed by atoms with Crippen LogP contribution in [0.2, 0.25) is 0 Å². The lowest BCUT2D eigenvalue weighted by atomic mass is 10.2. The van der Waals surface area contributed by atoms with Crippen LogP contribution in [0.5, 0.6) is 5.88 Å². The number of hydroxylamine groups is 3. The van der Waals surface area contributed by atoms with E-state index in [0.717, 1.165) is 11.4 Å². The molecule has 1 saturated heterocycles. The molecular weight excluding hydrogens is 536 g/mol. The summed E-state index contributed by atoms with van der Waals surface area (Å²) in [5.74, 6) is 0.264. The van der Waals surface area contributed by atoms with E-state index in [1.54, 1.807) is 24.7 Å². The molecule has 0 atom stereocenters. The zero-order valence-electron chi connectivity index (χ0n) is 22.7. The van der Waals surface area contributed by atoms with Crippen LogP contribution < -0.4 is 10.3 Å². The SMILES string of the molecule is CCOc1ncc(S(=O)(=O)N2CC[N+]([O-])(CC)CC2)cc1-c1nc2c(CC)n(Cc3ccccn3)nc2c(=O)[nH]1. The molecule has 0 spiro atoms. The number of pyridine rings is 2. The van der Waals surface area contributed by atoms with E-state index in [2.05, 4.69) is 20.1 Å². The molecule has 1 aliphatic rings. The van der Waals surface area contributed by atoms with E-state index < -0.39 is 20.2 Å². The maximum atomic E-state index is 13.5. The Morgan fingerprint density at radius 1 is 1.12 bits per heavy atom. The van der Waals surface area contributed by atoms with E-state index in [9.17, 15) is 18.4 Å². The van der Waals surface area contributed by atoms with Crippen LogP contribution in [-0.4, -0.2) is 86.4 Å². The number of aryl methyl sites for hydroxylation is 1. The first-order valence-corrected chi connectivity index (χ1v) is 14.7. The smallest absolute Gasteiger partial charge is 0.279 e. The third kappa shape index (κ3) is 5.22. The highest BCUT2D eigenvalue weighted by Crippen LogP contribution is 2.30. The lowest BCUT2D eigenvalue weighted by molar-refractivity contribution is -0.882. The highest BCUT2D eigenvalue weighted by Gasteiger charge is 2.33. The van der Waals surface area contributed by atoms with E-state index in [-0.39, 0.29) is 60.5 Å². The van der Waals surface area contributed by atoms with E-state index in [0.29, 0.717) is 25.0 Å². The van der Waals surface area contributed by atoms with Gasteiger partial charge in [0.2, 0.25) is 15.9 Å². The maximum Gasteiger partial charge on any atom is 0.279 e. The van der Waals surface area contributed by atoms with Crippen LogP contribution in [-0.2, 0) is 23.0 Å². The van der Waals surface area contributed by atoms with Crippen LogP contribution in [0.1, 0.15) is 32.2 Å². The number of nitrogens with one attached hydrogen (secondary N) is 1. The molecule has 1 fully saturated rings. The number of aromatic amines is 1. The van der Waals surface area contributed by atoms with Crippen molar-refractivity contribution in [1.82, 2.24) is 34.0 Å². The highest BCUT2D eigenvalue weighted by molar-refractivity contribution is 7.89. The Kier molecular flexibility index (Phi) is 7.68. The molecular formula is C26H32N8O5S. The minimum atomic E-state index is -3.96. The second-order valence-corrected chi connectivity index (χ2v) is 11.5. The van der Waals surface area contributed by atoms with E-state index >= 15 is 0 Å². The summed E-state index contributed by atoms with van der Waals surface area (Å²) in [4.78, 5) is 29.2. The number of hydrogen-bond donors (Lipinski definition) is 1. The molecule has 14 heteroatoms. The minimum absolute atomic E-state index is 0.0716. The molecule has 0 radical (unpaired) electrons. The molecule has 1 aliphatic heterocycles. The zero-order valence-corrected chi connectivity index (χ0v) is 23.5. The summed E-state index contributed by atoms with van der Waals surface area (Å²) in [5.41, 5.74) is 1.88. The minimum Gasteiger partial charge on any atom is -0.633 e. The van der Waals surface area contributed by atoms with Crippen LogP contribution in [0.4, 0.5) is 0 Å². The Labute approximate surface area is 231 Å². The maximum absolute atomic E-state index is 13.5. The van der Waals surface area contributed by atoms with Crippen LogP contribution in [0.3, 0.4) is 0 Å². The van der Waals surface area contributed by atoms with Crippen LogP contribution in [0, 0.1) is 5.21 Å². The number of quaternary nitrogens is 1. The third-order valence-corrected chi connectivity index (χ3v) is 9.03. The predicted molar refractivity (Wildman–Crippen MR) is 148 cm³/mol. The van der Waals surface area contributed by atoms with Gasteiger partial charge in [0.25, 0.3) is 5.56 Å². The summed E-state index contributed by atoms with van der Waals surface area (Å²) in [7, 11) is -3.96. The number of nitrogens with zero attached hydrogens (tertiary/aromatic N) is 7. The van der Waals surface area contributed by atoms with Gasteiger partial charge in [-0.25, -0.2) is 18.4 Å². The van der Waals surface area contributed by atoms with E-state index in [1.165, 1.54) is 16.6 Å². The van der Waals surface area contributed by atoms with Gasteiger partial charge in [0.15, 0.2) is 5.52 Å². The van der Waals surface area contributed by atoms with Crippen LogP contribution in [0.25, 0.3) is 22.4 Å². The van der Waals surface area contributed by atoms with Crippen molar-refractivity contribution in [2.24, 2.45) is 0 Å². The van der Waals surface area contributed by atoms with Gasteiger partial charge in [-0.2, -0.15) is 9.40 Å². The van der Waals surface area contributed by atoms with Crippen molar-refractivity contribution in [2.75, 3.05) is 39.3 Å². The highest BCUT2D eigenvalue weighted by atomic mass is 32.2. The van der Waals surface area contributed by atoms with Crippen molar-refractivity contribution in [3.63, 3.8) is 0 Å². The molecule has 0 bridgehead atoms. The number of hydrogen-bond acceptors (Lipinski definition) is 9. The van der Waals surface area contributed by atoms with Gasteiger partial charge in [-0.3, -0.25) is 14.5 Å². The van der Waals surface area contributed by atoms with Crippen LogP contribution >= 0.6 is 0 Å². The number of likely N-dealkylation sites (N-methyl/N-ethyl adjacent to an activating group) is 1. The molecule has 0 aliphatic carbocycles. The van der Waals surface area contributed by atoms with Gasteiger partial charge in [0, 0.05) is 6.20 Å². The second-order valence-electron chi connectivity index (χ2n) is 9.57. The fraction of sp³-hybridized carbons (Fsp3) is 0.423. The summed E-state index contributed by atoms with van der Waals surface area (Å²) in [6.45, 7) is 7.14. The number of ether oxygens (including phenoxy) is 1. The Hall–Kier alpha value is -3.72. The average molecular weight is 569 g/mol. The van der Waals surface area contributed by atoms with Crippen molar-refractivity contribution in [1.29, 1.82) is 0 Å². The number of piperazine rings is 1. The largest absolute Gasteiger partial charge is 0.633 e. The lowest BCUT2D eigenvalue weighted by Gasteiger charge is -2.47. The van der Waals surface area contributed by atoms with Gasteiger partial charge < -0.3 is 19.6 Å². The first-order valence-electron chi connectivity index (χ1n) is 13.3. The van der Waals surface area contributed by atoms with Crippen LogP contribution in [0.15, 0.2) is 46.3 Å². The third-order valence-electron chi connectivity index (χ3n) is 7.16. The van der Waals surface area contributed by atoms with E-state index in [1.807, 2.05) is 25.1 Å². The van der Waals surface area contributed by atoms with Crippen molar-refractivity contribution in [3.8, 4) is 17.3 Å². The number of rotatable bonds is 9. The normalized spacial score (nSPS) is 15.9. The van der Waals surface area contributed by atoms with Crippen molar-refractivity contribution >= 4 is 21.1 Å². The van der Waals surface area contributed by atoms with Crippen molar-refractivity contribution in [2.45, 2.75) is 38.6 Å². The molecule has 0 unspecified atom stereocenters. The number of aromatic nitrogens is 6. The number of sulfonamides is 1. The lowest BCUT2D eigenvalue weighted by Crippen LogP contribution is -2.57. The standard InChI is InChI=1S/C26H32N8O5S/c1-4-21-22-23(31-33(21)17-18-9-7-8-10-27-18)25(35)30-24(29-22)20-15-19(16-28-26(20)39-6-3)40(37,38)32-11-13-34(36,5-2)14-12-32/h7-10,15-16H,4-6,11-14,17H2,1-3H3,(H,29,30,35). The summed E-state index contributed by atoms with van der Waals surface area (Å²) in [6, 6.07) is 7.00. The Bertz CT molecular complexity index is 1680. The van der Waals surface area contributed by atoms with Gasteiger partial charge in [-0.1, -0.05) is 13.0 Å².